The second-order valence-corrected chi connectivity index (χ2v) is 4.95. The van der Waals surface area contributed by atoms with Crippen molar-refractivity contribution in [3.8, 4) is 0 Å². The third-order valence-electron chi connectivity index (χ3n) is 3.56. The van der Waals surface area contributed by atoms with E-state index in [4.69, 9.17) is 5.11 Å². The Bertz CT molecular complexity index is 434. The molecule has 18 heavy (non-hydrogen) atoms. The fourth-order valence-corrected chi connectivity index (χ4v) is 2.54. The van der Waals surface area contributed by atoms with E-state index in [0.29, 0.717) is 0 Å². The molecule has 0 unspecified atom stereocenters. The van der Waals surface area contributed by atoms with Crippen LogP contribution in [0, 0.1) is 6.92 Å². The van der Waals surface area contributed by atoms with Gasteiger partial charge in [0, 0.05) is 31.4 Å². The van der Waals surface area contributed by atoms with Crippen LogP contribution in [0.15, 0.2) is 24.3 Å². The number of rotatable bonds is 3. The lowest BCUT2D eigenvalue weighted by Crippen LogP contribution is -2.53. The molecule has 0 spiro atoms. The van der Waals surface area contributed by atoms with Crippen LogP contribution in [0.1, 0.15) is 12.5 Å². The van der Waals surface area contributed by atoms with Crippen molar-refractivity contribution in [2.24, 2.45) is 0 Å². The number of carbonyl (C=O) groups is 1. The van der Waals surface area contributed by atoms with Crippen molar-refractivity contribution in [3.05, 3.63) is 29.8 Å². The van der Waals surface area contributed by atoms with Crippen molar-refractivity contribution in [1.82, 2.24) is 4.90 Å². The molecule has 0 aromatic heterocycles. The summed E-state index contributed by atoms with van der Waals surface area (Å²) in [5.74, 6) is -0.744. The fourth-order valence-electron chi connectivity index (χ4n) is 2.54. The zero-order valence-corrected chi connectivity index (χ0v) is 11.0. The van der Waals surface area contributed by atoms with Crippen molar-refractivity contribution < 1.29 is 9.90 Å². The van der Waals surface area contributed by atoms with Gasteiger partial charge in [0.25, 0.3) is 0 Å². The summed E-state index contributed by atoms with van der Waals surface area (Å²) in [4.78, 5) is 15.1. The summed E-state index contributed by atoms with van der Waals surface area (Å²) in [5.41, 5.74) is 2.54. The summed E-state index contributed by atoms with van der Waals surface area (Å²) in [6.45, 7) is 6.93. The quantitative estimate of drug-likeness (QED) is 0.882. The van der Waals surface area contributed by atoms with Crippen LogP contribution in [0.25, 0.3) is 0 Å². The molecule has 1 atom stereocenters. The Balaban J connectivity index is 2.04. The molecular weight excluding hydrogens is 228 g/mol. The SMILES string of the molecule is Cc1ccccc1N1CCN(CC(=O)O)[C@@H](C)C1. The molecule has 0 amide bonds. The maximum atomic E-state index is 10.8. The molecule has 1 aromatic rings. The molecule has 2 rings (SSSR count). The first-order valence-corrected chi connectivity index (χ1v) is 6.34. The van der Waals surface area contributed by atoms with Gasteiger partial charge in [-0.05, 0) is 25.5 Å². The largest absolute Gasteiger partial charge is 0.480 e. The highest BCUT2D eigenvalue weighted by Crippen LogP contribution is 2.22. The van der Waals surface area contributed by atoms with E-state index < -0.39 is 5.97 Å². The van der Waals surface area contributed by atoms with Gasteiger partial charge in [-0.15, -0.1) is 0 Å². The van der Waals surface area contributed by atoms with E-state index in [1.807, 2.05) is 11.0 Å². The van der Waals surface area contributed by atoms with Gasteiger partial charge in [0.15, 0.2) is 0 Å². The maximum absolute atomic E-state index is 10.8. The fraction of sp³-hybridized carbons (Fsp3) is 0.500. The minimum Gasteiger partial charge on any atom is -0.480 e. The Kier molecular flexibility index (Phi) is 3.87. The molecule has 1 saturated heterocycles. The lowest BCUT2D eigenvalue weighted by Gasteiger charge is -2.40. The lowest BCUT2D eigenvalue weighted by molar-refractivity contribution is -0.138. The highest BCUT2D eigenvalue weighted by molar-refractivity contribution is 5.69. The first-order chi connectivity index (χ1) is 8.58. The molecule has 1 aliphatic rings. The molecule has 98 valence electrons. The van der Waals surface area contributed by atoms with Crippen LogP contribution < -0.4 is 4.90 Å². The van der Waals surface area contributed by atoms with Gasteiger partial charge >= 0.3 is 5.97 Å². The Morgan fingerprint density at radius 1 is 1.39 bits per heavy atom. The molecular formula is C14H20N2O2. The van der Waals surface area contributed by atoms with Crippen molar-refractivity contribution in [3.63, 3.8) is 0 Å². The number of anilines is 1. The highest BCUT2D eigenvalue weighted by atomic mass is 16.4. The summed E-state index contributed by atoms with van der Waals surface area (Å²) in [6, 6.07) is 8.62. The Morgan fingerprint density at radius 3 is 2.72 bits per heavy atom. The van der Waals surface area contributed by atoms with E-state index in [0.717, 1.165) is 19.6 Å². The predicted octanol–water partition coefficient (Wildman–Crippen LogP) is 1.59. The van der Waals surface area contributed by atoms with E-state index in [9.17, 15) is 4.79 Å². The van der Waals surface area contributed by atoms with Gasteiger partial charge in [0.1, 0.15) is 0 Å². The molecule has 4 heteroatoms. The Hall–Kier alpha value is -1.55. The summed E-state index contributed by atoms with van der Waals surface area (Å²) in [5, 5.41) is 8.86. The molecule has 1 fully saturated rings. The highest BCUT2D eigenvalue weighted by Gasteiger charge is 2.25. The molecule has 1 aliphatic heterocycles. The molecule has 0 bridgehead atoms. The number of nitrogens with zero attached hydrogens (tertiary/aromatic N) is 2. The van der Waals surface area contributed by atoms with Gasteiger partial charge in [0.2, 0.25) is 0 Å². The number of para-hydroxylation sites is 1. The van der Waals surface area contributed by atoms with Crippen LogP contribution >= 0.6 is 0 Å². The zero-order valence-electron chi connectivity index (χ0n) is 11.0. The predicted molar refractivity (Wildman–Crippen MR) is 72.1 cm³/mol. The number of aliphatic carboxylic acids is 1. The molecule has 0 radical (unpaired) electrons. The number of hydrogen-bond donors (Lipinski definition) is 1. The molecule has 4 nitrogen and oxygen atoms in total. The lowest BCUT2D eigenvalue weighted by atomic mass is 10.1. The third-order valence-corrected chi connectivity index (χ3v) is 3.56. The molecule has 1 N–H and O–H groups in total. The average molecular weight is 248 g/mol. The Labute approximate surface area is 108 Å². The van der Waals surface area contributed by atoms with Gasteiger partial charge in [-0.1, -0.05) is 18.2 Å². The summed E-state index contributed by atoms with van der Waals surface area (Å²) >= 11 is 0. The second-order valence-electron chi connectivity index (χ2n) is 4.95. The summed E-state index contributed by atoms with van der Waals surface area (Å²) in [7, 11) is 0. The zero-order chi connectivity index (χ0) is 13.1. The van der Waals surface area contributed by atoms with Gasteiger partial charge in [-0.2, -0.15) is 0 Å². The Morgan fingerprint density at radius 2 is 2.11 bits per heavy atom. The van der Waals surface area contributed by atoms with Gasteiger partial charge in [-0.25, -0.2) is 0 Å². The number of carboxylic acid groups (broad SMARTS) is 1. The normalized spacial score (nSPS) is 21.0. The van der Waals surface area contributed by atoms with Crippen molar-refractivity contribution in [1.29, 1.82) is 0 Å². The first kappa shape index (κ1) is 12.9. The number of piperazine rings is 1. The minimum atomic E-state index is -0.744. The summed E-state index contributed by atoms with van der Waals surface area (Å²) in [6.07, 6.45) is 0. The number of benzene rings is 1. The van der Waals surface area contributed by atoms with Gasteiger partial charge in [-0.3, -0.25) is 9.69 Å². The molecule has 0 aliphatic carbocycles. The maximum Gasteiger partial charge on any atom is 0.317 e. The van der Waals surface area contributed by atoms with Gasteiger partial charge < -0.3 is 10.0 Å². The molecule has 1 heterocycles. The van der Waals surface area contributed by atoms with E-state index in [2.05, 4.69) is 36.9 Å². The monoisotopic (exact) mass is 248 g/mol. The van der Waals surface area contributed by atoms with Crippen molar-refractivity contribution in [2.45, 2.75) is 19.9 Å². The standard InChI is InChI=1S/C14H20N2O2/c1-11-5-3-4-6-13(11)16-8-7-15(10-14(17)18)12(2)9-16/h3-6,12H,7-10H2,1-2H3,(H,17,18)/t12-/m0/s1. The number of carboxylic acids is 1. The van der Waals surface area contributed by atoms with Crippen LogP contribution in [0.4, 0.5) is 5.69 Å². The minimum absolute atomic E-state index is 0.142. The van der Waals surface area contributed by atoms with Crippen molar-refractivity contribution in [2.75, 3.05) is 31.1 Å². The summed E-state index contributed by atoms with van der Waals surface area (Å²) < 4.78 is 0. The molecule has 1 aromatic carbocycles. The van der Waals surface area contributed by atoms with Crippen LogP contribution in [0.5, 0.6) is 0 Å². The van der Waals surface area contributed by atoms with Crippen LogP contribution in [-0.2, 0) is 4.79 Å². The van der Waals surface area contributed by atoms with E-state index in [1.165, 1.54) is 11.3 Å². The van der Waals surface area contributed by atoms with Crippen LogP contribution in [0.3, 0.4) is 0 Å². The third kappa shape index (κ3) is 2.82. The first-order valence-electron chi connectivity index (χ1n) is 6.34. The van der Waals surface area contributed by atoms with Crippen LogP contribution in [0.2, 0.25) is 0 Å². The van der Waals surface area contributed by atoms with Crippen LogP contribution in [-0.4, -0.2) is 48.2 Å². The van der Waals surface area contributed by atoms with Gasteiger partial charge in [0.05, 0.1) is 6.54 Å². The van der Waals surface area contributed by atoms with E-state index in [-0.39, 0.29) is 12.6 Å². The molecule has 0 saturated carbocycles. The smallest absolute Gasteiger partial charge is 0.317 e. The number of aryl methyl sites for hydroxylation is 1. The van der Waals surface area contributed by atoms with E-state index in [1.54, 1.807) is 0 Å². The second kappa shape index (κ2) is 5.40. The number of hydrogen-bond acceptors (Lipinski definition) is 3. The van der Waals surface area contributed by atoms with Crippen molar-refractivity contribution >= 4 is 11.7 Å². The van der Waals surface area contributed by atoms with E-state index >= 15 is 0 Å². The topological polar surface area (TPSA) is 43.8 Å². The average Bonchev–Trinajstić information content (AvgIpc) is 2.32.